The van der Waals surface area contributed by atoms with Crippen LogP contribution in [0.1, 0.15) is 24.2 Å². The van der Waals surface area contributed by atoms with Crippen molar-refractivity contribution in [2.75, 3.05) is 7.11 Å². The highest BCUT2D eigenvalue weighted by Crippen LogP contribution is 2.33. The van der Waals surface area contributed by atoms with Crippen LogP contribution in [0.3, 0.4) is 0 Å². The van der Waals surface area contributed by atoms with E-state index in [1.807, 2.05) is 32.0 Å². The Labute approximate surface area is 124 Å². The van der Waals surface area contributed by atoms with Gasteiger partial charge in [0.25, 0.3) is 0 Å². The summed E-state index contributed by atoms with van der Waals surface area (Å²) in [6.45, 7) is 3.84. The summed E-state index contributed by atoms with van der Waals surface area (Å²) in [6, 6.07) is 11.6. The van der Waals surface area contributed by atoms with Crippen LogP contribution in [-0.2, 0) is 0 Å². The first kappa shape index (κ1) is 15.3. The molecule has 0 heterocycles. The first-order valence-corrected chi connectivity index (χ1v) is 6.83. The van der Waals surface area contributed by atoms with Crippen LogP contribution >= 0.6 is 0 Å². The quantitative estimate of drug-likeness (QED) is 0.914. The number of benzene rings is 2. The molecule has 2 rings (SSSR count). The summed E-state index contributed by atoms with van der Waals surface area (Å²) >= 11 is 0. The molecular weight excluding hydrogens is 269 g/mol. The molecule has 0 bridgehead atoms. The Kier molecular flexibility index (Phi) is 4.81. The van der Waals surface area contributed by atoms with E-state index in [0.717, 1.165) is 11.1 Å². The molecule has 0 fully saturated rings. The van der Waals surface area contributed by atoms with E-state index in [4.69, 9.17) is 15.2 Å². The van der Waals surface area contributed by atoms with Crippen molar-refractivity contribution in [1.29, 1.82) is 0 Å². The van der Waals surface area contributed by atoms with Gasteiger partial charge in [-0.2, -0.15) is 0 Å². The molecule has 2 aromatic rings. The summed E-state index contributed by atoms with van der Waals surface area (Å²) in [5, 5.41) is 0. The van der Waals surface area contributed by atoms with Crippen LogP contribution in [0, 0.1) is 12.7 Å². The second-order valence-electron chi connectivity index (χ2n) is 5.10. The zero-order valence-corrected chi connectivity index (χ0v) is 12.5. The van der Waals surface area contributed by atoms with Crippen LogP contribution in [0.25, 0.3) is 0 Å². The van der Waals surface area contributed by atoms with Gasteiger partial charge < -0.3 is 15.2 Å². The first-order chi connectivity index (χ1) is 10.0. The molecular formula is C17H20FNO2. The lowest BCUT2D eigenvalue weighted by atomic mass is 10.0. The Balaban J connectivity index is 2.30. The average molecular weight is 289 g/mol. The van der Waals surface area contributed by atoms with Gasteiger partial charge in [-0.15, -0.1) is 0 Å². The smallest absolute Gasteiger partial charge is 0.162 e. The Bertz CT molecular complexity index is 596. The molecule has 0 spiro atoms. The average Bonchev–Trinajstić information content (AvgIpc) is 2.46. The number of hydrogen-bond acceptors (Lipinski definition) is 3. The third-order valence-electron chi connectivity index (χ3n) is 3.25. The van der Waals surface area contributed by atoms with E-state index in [9.17, 15) is 4.39 Å². The lowest BCUT2D eigenvalue weighted by molar-refractivity contribution is 0.173. The molecule has 2 unspecified atom stereocenters. The van der Waals surface area contributed by atoms with Crippen LogP contribution in [0.5, 0.6) is 11.5 Å². The molecule has 112 valence electrons. The van der Waals surface area contributed by atoms with Crippen molar-refractivity contribution >= 4 is 0 Å². The second-order valence-corrected chi connectivity index (χ2v) is 5.10. The fourth-order valence-corrected chi connectivity index (χ4v) is 2.14. The third-order valence-corrected chi connectivity index (χ3v) is 3.25. The standard InChI is InChI=1S/C17H20FNO2/c1-11-4-9-15(16(10-11)20-3)21-17(12(2)19)13-5-7-14(18)8-6-13/h4-10,12,17H,19H2,1-3H3. The van der Waals surface area contributed by atoms with Crippen LogP contribution in [0.15, 0.2) is 42.5 Å². The number of ether oxygens (including phenoxy) is 2. The highest BCUT2D eigenvalue weighted by molar-refractivity contribution is 5.43. The monoisotopic (exact) mass is 289 g/mol. The fourth-order valence-electron chi connectivity index (χ4n) is 2.14. The van der Waals surface area contributed by atoms with Gasteiger partial charge >= 0.3 is 0 Å². The van der Waals surface area contributed by atoms with Gasteiger partial charge in [-0.1, -0.05) is 18.2 Å². The predicted molar refractivity (Wildman–Crippen MR) is 81.1 cm³/mol. The lowest BCUT2D eigenvalue weighted by Crippen LogP contribution is -2.29. The molecule has 2 aromatic carbocycles. The van der Waals surface area contributed by atoms with E-state index >= 15 is 0 Å². The van der Waals surface area contributed by atoms with E-state index in [0.29, 0.717) is 11.5 Å². The largest absolute Gasteiger partial charge is 0.493 e. The van der Waals surface area contributed by atoms with Gasteiger partial charge in [0.05, 0.1) is 7.11 Å². The van der Waals surface area contributed by atoms with Crippen molar-refractivity contribution in [3.8, 4) is 11.5 Å². The summed E-state index contributed by atoms with van der Waals surface area (Å²) < 4.78 is 24.4. The topological polar surface area (TPSA) is 44.5 Å². The second kappa shape index (κ2) is 6.59. The molecule has 0 aliphatic rings. The molecule has 4 heteroatoms. The zero-order chi connectivity index (χ0) is 15.4. The van der Waals surface area contributed by atoms with E-state index in [-0.39, 0.29) is 18.0 Å². The van der Waals surface area contributed by atoms with E-state index in [1.165, 1.54) is 12.1 Å². The molecule has 2 N–H and O–H groups in total. The molecule has 0 aliphatic carbocycles. The Morgan fingerprint density at radius 3 is 2.29 bits per heavy atom. The first-order valence-electron chi connectivity index (χ1n) is 6.83. The zero-order valence-electron chi connectivity index (χ0n) is 12.5. The predicted octanol–water partition coefficient (Wildman–Crippen LogP) is 3.61. The Morgan fingerprint density at radius 2 is 1.71 bits per heavy atom. The molecule has 0 saturated carbocycles. The van der Waals surface area contributed by atoms with Gasteiger partial charge in [0, 0.05) is 6.04 Å². The SMILES string of the molecule is COc1cc(C)ccc1OC(c1ccc(F)cc1)C(C)N. The maximum absolute atomic E-state index is 13.0. The van der Waals surface area contributed by atoms with Crippen molar-refractivity contribution in [1.82, 2.24) is 0 Å². The van der Waals surface area contributed by atoms with Gasteiger partial charge in [0.2, 0.25) is 0 Å². The van der Waals surface area contributed by atoms with Crippen molar-refractivity contribution in [2.24, 2.45) is 5.73 Å². The lowest BCUT2D eigenvalue weighted by Gasteiger charge is -2.24. The molecule has 21 heavy (non-hydrogen) atoms. The van der Waals surface area contributed by atoms with Gasteiger partial charge in [-0.05, 0) is 49.2 Å². The number of methoxy groups -OCH3 is 1. The van der Waals surface area contributed by atoms with Crippen LogP contribution in [0.2, 0.25) is 0 Å². The van der Waals surface area contributed by atoms with Gasteiger partial charge in [0.15, 0.2) is 11.5 Å². The molecule has 0 aliphatic heterocycles. The Hall–Kier alpha value is -2.07. The third kappa shape index (κ3) is 3.73. The number of aryl methyl sites for hydroxylation is 1. The highest BCUT2D eigenvalue weighted by atomic mass is 19.1. The maximum atomic E-state index is 13.0. The van der Waals surface area contributed by atoms with Crippen LogP contribution in [0.4, 0.5) is 4.39 Å². The minimum Gasteiger partial charge on any atom is -0.493 e. The van der Waals surface area contributed by atoms with Gasteiger partial charge in [0.1, 0.15) is 11.9 Å². The summed E-state index contributed by atoms with van der Waals surface area (Å²) in [5.74, 6) is 0.993. The van der Waals surface area contributed by atoms with Crippen molar-refractivity contribution in [3.63, 3.8) is 0 Å². The molecule has 2 atom stereocenters. The number of rotatable bonds is 5. The van der Waals surface area contributed by atoms with Gasteiger partial charge in [-0.25, -0.2) is 4.39 Å². The van der Waals surface area contributed by atoms with E-state index < -0.39 is 0 Å². The van der Waals surface area contributed by atoms with E-state index in [1.54, 1.807) is 19.2 Å². The van der Waals surface area contributed by atoms with Crippen LogP contribution in [-0.4, -0.2) is 13.2 Å². The minimum atomic E-state index is -0.373. The maximum Gasteiger partial charge on any atom is 0.162 e. The molecule has 3 nitrogen and oxygen atoms in total. The summed E-state index contributed by atoms with van der Waals surface area (Å²) in [7, 11) is 1.60. The number of halogens is 1. The molecule has 0 aromatic heterocycles. The van der Waals surface area contributed by atoms with Crippen molar-refractivity contribution in [2.45, 2.75) is 26.0 Å². The fraction of sp³-hybridized carbons (Fsp3) is 0.294. The van der Waals surface area contributed by atoms with Crippen molar-refractivity contribution < 1.29 is 13.9 Å². The Morgan fingerprint density at radius 1 is 1.05 bits per heavy atom. The normalized spacial score (nSPS) is 13.6. The highest BCUT2D eigenvalue weighted by Gasteiger charge is 2.20. The minimum absolute atomic E-state index is 0.249. The number of hydrogen-bond donors (Lipinski definition) is 1. The summed E-state index contributed by atoms with van der Waals surface area (Å²) in [4.78, 5) is 0. The molecule has 0 saturated heterocycles. The van der Waals surface area contributed by atoms with Crippen molar-refractivity contribution in [3.05, 3.63) is 59.4 Å². The summed E-state index contributed by atoms with van der Waals surface area (Å²) in [6.07, 6.45) is -0.373. The molecule has 0 radical (unpaired) electrons. The summed E-state index contributed by atoms with van der Waals surface area (Å²) in [5.41, 5.74) is 7.93. The van der Waals surface area contributed by atoms with Gasteiger partial charge in [-0.3, -0.25) is 0 Å². The van der Waals surface area contributed by atoms with Crippen LogP contribution < -0.4 is 15.2 Å². The molecule has 0 amide bonds. The van der Waals surface area contributed by atoms with E-state index in [2.05, 4.69) is 0 Å². The number of nitrogens with two attached hydrogens (primary N) is 1.